The van der Waals surface area contributed by atoms with Crippen LogP contribution in [0.1, 0.15) is 40.9 Å². The third-order valence-corrected chi connectivity index (χ3v) is 6.32. The fourth-order valence-electron chi connectivity index (χ4n) is 3.27. The smallest absolute Gasteiger partial charge is 0.264 e. The maximum atomic E-state index is 12.8. The molecule has 5 nitrogen and oxygen atoms in total. The van der Waals surface area contributed by atoms with E-state index in [9.17, 15) is 9.59 Å². The molecule has 0 radical (unpaired) electrons. The number of rotatable bonds is 5. The van der Waals surface area contributed by atoms with Crippen LogP contribution in [0.15, 0.2) is 6.07 Å². The first-order valence-corrected chi connectivity index (χ1v) is 9.85. The van der Waals surface area contributed by atoms with Crippen LogP contribution < -0.4 is 5.32 Å². The average Bonchev–Trinajstić information content (AvgIpc) is 3.47. The number of anilines is 1. The zero-order chi connectivity index (χ0) is 16.7. The van der Waals surface area contributed by atoms with Gasteiger partial charge in [-0.1, -0.05) is 0 Å². The summed E-state index contributed by atoms with van der Waals surface area (Å²) in [5, 5.41) is 3.76. The van der Waals surface area contributed by atoms with E-state index in [1.54, 1.807) is 0 Å². The molecule has 3 aliphatic rings. The maximum absolute atomic E-state index is 12.8. The number of carbonyl (C=O) groups excluding carboxylic acids is 2. The second kappa shape index (κ2) is 6.48. The summed E-state index contributed by atoms with van der Waals surface area (Å²) in [5.41, 5.74) is 0.969. The van der Waals surface area contributed by atoms with Crippen molar-refractivity contribution in [2.75, 3.05) is 38.0 Å². The summed E-state index contributed by atoms with van der Waals surface area (Å²) in [4.78, 5) is 29.9. The van der Waals surface area contributed by atoms with Gasteiger partial charge in [0.1, 0.15) is 0 Å². The normalized spacial score (nSPS) is 21.8. The first-order chi connectivity index (χ1) is 11.6. The van der Waals surface area contributed by atoms with Gasteiger partial charge in [0.2, 0.25) is 5.91 Å². The van der Waals surface area contributed by atoms with Crippen molar-refractivity contribution in [3.63, 3.8) is 0 Å². The fourth-order valence-corrected chi connectivity index (χ4v) is 4.31. The molecule has 2 heterocycles. The van der Waals surface area contributed by atoms with Crippen LogP contribution in [0.25, 0.3) is 0 Å². The van der Waals surface area contributed by atoms with Gasteiger partial charge in [0.15, 0.2) is 0 Å². The lowest BCUT2D eigenvalue weighted by Gasteiger charge is -2.34. The van der Waals surface area contributed by atoms with Crippen LogP contribution in [-0.2, 0) is 4.79 Å². The van der Waals surface area contributed by atoms with Gasteiger partial charge < -0.3 is 10.2 Å². The van der Waals surface area contributed by atoms with Gasteiger partial charge in [-0.2, -0.15) is 0 Å². The molecule has 0 bridgehead atoms. The average molecular weight is 347 g/mol. The molecular formula is C18H25N3O2S. The minimum absolute atomic E-state index is 0.101. The molecule has 2 saturated carbocycles. The Kier molecular flexibility index (Phi) is 4.35. The van der Waals surface area contributed by atoms with Crippen molar-refractivity contribution in [3.8, 4) is 0 Å². The van der Waals surface area contributed by atoms with E-state index in [1.807, 2.05) is 17.9 Å². The third-order valence-electron chi connectivity index (χ3n) is 5.18. The highest BCUT2D eigenvalue weighted by Crippen LogP contribution is 2.33. The van der Waals surface area contributed by atoms with Crippen molar-refractivity contribution in [2.45, 2.75) is 32.6 Å². The molecule has 24 heavy (non-hydrogen) atoms. The monoisotopic (exact) mass is 347 g/mol. The van der Waals surface area contributed by atoms with Crippen LogP contribution in [0.3, 0.4) is 0 Å². The molecule has 3 fully saturated rings. The third kappa shape index (κ3) is 3.64. The lowest BCUT2D eigenvalue weighted by molar-refractivity contribution is -0.117. The number of hydrogen-bond acceptors (Lipinski definition) is 4. The molecule has 0 spiro atoms. The van der Waals surface area contributed by atoms with Crippen molar-refractivity contribution in [1.29, 1.82) is 0 Å². The molecule has 1 aliphatic heterocycles. The van der Waals surface area contributed by atoms with Gasteiger partial charge >= 0.3 is 0 Å². The van der Waals surface area contributed by atoms with E-state index in [0.717, 1.165) is 60.4 Å². The van der Waals surface area contributed by atoms with Gasteiger partial charge in [0.25, 0.3) is 5.91 Å². The van der Waals surface area contributed by atoms with Crippen LogP contribution in [0.2, 0.25) is 0 Å². The Bertz CT molecular complexity index is 641. The summed E-state index contributed by atoms with van der Waals surface area (Å²) in [6.07, 6.45) is 4.74. The van der Waals surface area contributed by atoms with E-state index in [4.69, 9.17) is 0 Å². The van der Waals surface area contributed by atoms with E-state index in [1.165, 1.54) is 30.7 Å². The van der Waals surface area contributed by atoms with Crippen molar-refractivity contribution in [2.24, 2.45) is 11.8 Å². The van der Waals surface area contributed by atoms with Gasteiger partial charge in [-0.15, -0.1) is 11.3 Å². The first kappa shape index (κ1) is 16.1. The largest absolute Gasteiger partial charge is 0.335 e. The van der Waals surface area contributed by atoms with Gasteiger partial charge in [0.05, 0.1) is 9.88 Å². The van der Waals surface area contributed by atoms with E-state index >= 15 is 0 Å². The molecule has 1 saturated heterocycles. The molecule has 2 aliphatic carbocycles. The Labute approximate surface area is 147 Å². The SMILES string of the molecule is Cc1cc(NC(=O)C2CC2)sc1C(=O)N1CCN(CC2CC2)CC1. The summed E-state index contributed by atoms with van der Waals surface area (Å²) >= 11 is 1.42. The second-order valence-corrected chi connectivity index (χ2v) is 8.47. The molecule has 2 amide bonds. The van der Waals surface area contributed by atoms with Crippen LogP contribution in [-0.4, -0.2) is 54.3 Å². The summed E-state index contributed by atoms with van der Waals surface area (Å²) in [7, 11) is 0. The van der Waals surface area contributed by atoms with Crippen LogP contribution >= 0.6 is 11.3 Å². The number of amides is 2. The zero-order valence-corrected chi connectivity index (χ0v) is 15.0. The van der Waals surface area contributed by atoms with E-state index in [-0.39, 0.29) is 17.7 Å². The molecule has 0 unspecified atom stereocenters. The second-order valence-electron chi connectivity index (χ2n) is 7.42. The lowest BCUT2D eigenvalue weighted by atomic mass is 10.2. The predicted molar refractivity (Wildman–Crippen MR) is 95.5 cm³/mol. The van der Waals surface area contributed by atoms with E-state index in [2.05, 4.69) is 10.2 Å². The Balaban J connectivity index is 1.35. The summed E-state index contributed by atoms with van der Waals surface area (Å²) in [5.74, 6) is 1.31. The standard InChI is InChI=1S/C18H25N3O2S/c1-12-10-15(19-17(22)14-4-5-14)24-16(12)18(23)21-8-6-20(7-9-21)11-13-2-3-13/h10,13-14H,2-9,11H2,1H3,(H,19,22). The highest BCUT2D eigenvalue weighted by atomic mass is 32.1. The number of thiophene rings is 1. The summed E-state index contributed by atoms with van der Waals surface area (Å²) < 4.78 is 0. The molecule has 1 N–H and O–H groups in total. The molecule has 6 heteroatoms. The topological polar surface area (TPSA) is 52.7 Å². The van der Waals surface area contributed by atoms with E-state index < -0.39 is 0 Å². The van der Waals surface area contributed by atoms with Crippen molar-refractivity contribution >= 4 is 28.2 Å². The first-order valence-electron chi connectivity index (χ1n) is 9.03. The number of carbonyl (C=O) groups is 2. The van der Waals surface area contributed by atoms with Crippen LogP contribution in [0.5, 0.6) is 0 Å². The van der Waals surface area contributed by atoms with Gasteiger partial charge in [-0.05, 0) is 50.2 Å². The number of nitrogens with one attached hydrogen (secondary N) is 1. The zero-order valence-electron chi connectivity index (χ0n) is 14.2. The Morgan fingerprint density at radius 1 is 1.17 bits per heavy atom. The highest BCUT2D eigenvalue weighted by Gasteiger charge is 2.31. The Morgan fingerprint density at radius 3 is 2.50 bits per heavy atom. The van der Waals surface area contributed by atoms with Crippen molar-refractivity contribution in [3.05, 3.63) is 16.5 Å². The molecule has 1 aromatic heterocycles. The number of aryl methyl sites for hydroxylation is 1. The number of hydrogen-bond donors (Lipinski definition) is 1. The quantitative estimate of drug-likeness (QED) is 0.891. The molecule has 1 aromatic rings. The van der Waals surface area contributed by atoms with Crippen LogP contribution in [0, 0.1) is 18.8 Å². The highest BCUT2D eigenvalue weighted by molar-refractivity contribution is 7.18. The van der Waals surface area contributed by atoms with Gasteiger partial charge in [0, 0.05) is 38.6 Å². The number of piperazine rings is 1. The summed E-state index contributed by atoms with van der Waals surface area (Å²) in [6, 6.07) is 1.93. The maximum Gasteiger partial charge on any atom is 0.264 e. The molecule has 0 atom stereocenters. The number of nitrogens with zero attached hydrogens (tertiary/aromatic N) is 2. The van der Waals surface area contributed by atoms with Crippen molar-refractivity contribution < 1.29 is 9.59 Å². The molecule has 4 rings (SSSR count). The minimum atomic E-state index is 0.101. The van der Waals surface area contributed by atoms with E-state index in [0.29, 0.717) is 0 Å². The van der Waals surface area contributed by atoms with Crippen LogP contribution in [0.4, 0.5) is 5.00 Å². The lowest BCUT2D eigenvalue weighted by Crippen LogP contribution is -2.49. The van der Waals surface area contributed by atoms with Gasteiger partial charge in [-0.3, -0.25) is 14.5 Å². The minimum Gasteiger partial charge on any atom is -0.335 e. The Morgan fingerprint density at radius 2 is 1.88 bits per heavy atom. The Hall–Kier alpha value is -1.40. The fraction of sp³-hybridized carbons (Fsp3) is 0.667. The van der Waals surface area contributed by atoms with Crippen molar-refractivity contribution in [1.82, 2.24) is 9.80 Å². The molecule has 130 valence electrons. The summed E-state index contributed by atoms with van der Waals surface area (Å²) in [6.45, 7) is 6.76. The molecule has 0 aromatic carbocycles. The molecular weight excluding hydrogens is 322 g/mol. The van der Waals surface area contributed by atoms with Gasteiger partial charge in [-0.25, -0.2) is 0 Å². The predicted octanol–water partition coefficient (Wildman–Crippen LogP) is 2.57.